The van der Waals surface area contributed by atoms with Gasteiger partial charge in [-0.25, -0.2) is 0 Å². The smallest absolute Gasteiger partial charge is 0.119 e. The third-order valence-corrected chi connectivity index (χ3v) is 6.53. The van der Waals surface area contributed by atoms with E-state index in [1.807, 2.05) is 0 Å². The molecule has 0 unspecified atom stereocenters. The molecule has 0 radical (unpaired) electrons. The normalized spacial score (nSPS) is 11.0. The Balaban J connectivity index is 1.41. The molecule has 0 spiro atoms. The topological polar surface area (TPSA) is 22.1 Å². The van der Waals surface area contributed by atoms with Crippen LogP contribution in [0.4, 0.5) is 0 Å². The molecular formula is C32H43NO. The molecule has 2 heteroatoms. The molecular weight excluding hydrogens is 414 g/mol. The summed E-state index contributed by atoms with van der Waals surface area (Å²) in [6.45, 7) is 5.32. The maximum absolute atomic E-state index is 5.90. The number of hydrogen-bond donors (Lipinski definition) is 0. The van der Waals surface area contributed by atoms with Gasteiger partial charge in [0.1, 0.15) is 5.75 Å². The highest BCUT2D eigenvalue weighted by Gasteiger charge is 2.02. The molecule has 0 aliphatic rings. The van der Waals surface area contributed by atoms with Crippen molar-refractivity contribution in [1.29, 1.82) is 0 Å². The largest absolute Gasteiger partial charge is 0.494 e. The standard InChI is InChI=1S/C32H43NO/c1-3-5-7-9-11-25-34-32-23-20-30(21-24-32)29-18-15-27(16-19-29)13-14-28-17-22-31(33-26-28)12-10-8-6-4-2/h15-24,26H,3-14,25H2,1-2H3. The molecule has 3 rings (SSSR count). The van der Waals surface area contributed by atoms with Crippen molar-refractivity contribution in [2.75, 3.05) is 6.61 Å². The minimum atomic E-state index is 0.814. The van der Waals surface area contributed by atoms with Crippen LogP contribution in [-0.4, -0.2) is 11.6 Å². The molecule has 0 fully saturated rings. The number of pyridine rings is 1. The van der Waals surface area contributed by atoms with E-state index < -0.39 is 0 Å². The fourth-order valence-corrected chi connectivity index (χ4v) is 4.28. The second-order valence-electron chi connectivity index (χ2n) is 9.45. The summed E-state index contributed by atoms with van der Waals surface area (Å²) in [6, 6.07) is 22.0. The van der Waals surface area contributed by atoms with Crippen LogP contribution >= 0.6 is 0 Å². The summed E-state index contributed by atoms with van der Waals surface area (Å²) in [4.78, 5) is 4.67. The lowest BCUT2D eigenvalue weighted by Gasteiger charge is -2.08. The molecule has 0 saturated carbocycles. The molecule has 0 amide bonds. The Hall–Kier alpha value is -2.61. The van der Waals surface area contributed by atoms with Crippen molar-refractivity contribution in [3.8, 4) is 16.9 Å². The number of rotatable bonds is 16. The Morgan fingerprint density at radius 3 is 1.79 bits per heavy atom. The number of benzene rings is 2. The number of aryl methyl sites for hydroxylation is 3. The van der Waals surface area contributed by atoms with E-state index in [1.165, 1.54) is 79.3 Å². The molecule has 34 heavy (non-hydrogen) atoms. The maximum Gasteiger partial charge on any atom is 0.119 e. The molecule has 2 aromatic carbocycles. The van der Waals surface area contributed by atoms with Gasteiger partial charge in [-0.2, -0.15) is 0 Å². The Kier molecular flexibility index (Phi) is 11.7. The van der Waals surface area contributed by atoms with Crippen LogP contribution in [0, 0.1) is 0 Å². The summed E-state index contributed by atoms with van der Waals surface area (Å²) < 4.78 is 5.90. The number of ether oxygens (including phenoxy) is 1. The van der Waals surface area contributed by atoms with E-state index >= 15 is 0 Å². The number of aromatic nitrogens is 1. The molecule has 0 aliphatic carbocycles. The van der Waals surface area contributed by atoms with Crippen molar-refractivity contribution in [1.82, 2.24) is 4.98 Å². The third kappa shape index (κ3) is 9.33. The monoisotopic (exact) mass is 457 g/mol. The number of nitrogens with zero attached hydrogens (tertiary/aromatic N) is 1. The van der Waals surface area contributed by atoms with E-state index in [4.69, 9.17) is 4.74 Å². The number of hydrogen-bond acceptors (Lipinski definition) is 2. The molecule has 0 atom stereocenters. The van der Waals surface area contributed by atoms with Gasteiger partial charge in [0.25, 0.3) is 0 Å². The van der Waals surface area contributed by atoms with Gasteiger partial charge in [0, 0.05) is 11.9 Å². The van der Waals surface area contributed by atoms with E-state index in [1.54, 1.807) is 0 Å². The van der Waals surface area contributed by atoms with Gasteiger partial charge in [0.15, 0.2) is 0 Å². The quantitative estimate of drug-likeness (QED) is 0.200. The van der Waals surface area contributed by atoms with Crippen molar-refractivity contribution in [3.63, 3.8) is 0 Å². The van der Waals surface area contributed by atoms with Crippen molar-refractivity contribution < 1.29 is 4.74 Å². The van der Waals surface area contributed by atoms with Crippen LogP contribution in [0.1, 0.15) is 88.5 Å². The SMILES string of the molecule is CCCCCCCOc1ccc(-c2ccc(CCc3ccc(CCCCCC)nc3)cc2)cc1. The van der Waals surface area contributed by atoms with Gasteiger partial charge in [0.2, 0.25) is 0 Å². The Bertz CT molecular complexity index is 913. The van der Waals surface area contributed by atoms with Gasteiger partial charge in [-0.3, -0.25) is 4.98 Å². The highest BCUT2D eigenvalue weighted by atomic mass is 16.5. The second kappa shape index (κ2) is 15.3. The number of unbranched alkanes of at least 4 members (excludes halogenated alkanes) is 7. The van der Waals surface area contributed by atoms with Crippen LogP contribution in [0.3, 0.4) is 0 Å². The zero-order chi connectivity index (χ0) is 23.8. The van der Waals surface area contributed by atoms with E-state index in [0.717, 1.165) is 38.0 Å². The summed E-state index contributed by atoms with van der Waals surface area (Å²) in [5, 5.41) is 0. The summed E-state index contributed by atoms with van der Waals surface area (Å²) >= 11 is 0. The molecule has 182 valence electrons. The first kappa shape index (κ1) is 26.0. The van der Waals surface area contributed by atoms with Crippen molar-refractivity contribution in [2.24, 2.45) is 0 Å². The fraction of sp³-hybridized carbons (Fsp3) is 0.469. The van der Waals surface area contributed by atoms with Gasteiger partial charge >= 0.3 is 0 Å². The highest BCUT2D eigenvalue weighted by Crippen LogP contribution is 2.23. The summed E-state index contributed by atoms with van der Waals surface area (Å²) in [6.07, 6.45) is 16.8. The molecule has 1 heterocycles. The highest BCUT2D eigenvalue weighted by molar-refractivity contribution is 5.64. The Morgan fingerprint density at radius 2 is 1.15 bits per heavy atom. The first-order chi connectivity index (χ1) is 16.8. The van der Waals surface area contributed by atoms with Crippen LogP contribution in [-0.2, 0) is 19.3 Å². The Morgan fingerprint density at radius 1 is 0.559 bits per heavy atom. The molecule has 2 nitrogen and oxygen atoms in total. The molecule has 3 aromatic rings. The van der Waals surface area contributed by atoms with Crippen molar-refractivity contribution in [3.05, 3.63) is 83.7 Å². The fourth-order valence-electron chi connectivity index (χ4n) is 4.28. The predicted octanol–water partition coefficient (Wildman–Crippen LogP) is 9.01. The minimum absolute atomic E-state index is 0.814. The van der Waals surface area contributed by atoms with Gasteiger partial charge in [-0.05, 0) is 72.6 Å². The zero-order valence-corrected chi connectivity index (χ0v) is 21.4. The first-order valence-electron chi connectivity index (χ1n) is 13.5. The van der Waals surface area contributed by atoms with Crippen molar-refractivity contribution in [2.45, 2.75) is 90.9 Å². The van der Waals surface area contributed by atoms with E-state index in [-0.39, 0.29) is 0 Å². The van der Waals surface area contributed by atoms with Crippen LogP contribution in [0.25, 0.3) is 11.1 Å². The molecule has 1 aromatic heterocycles. The van der Waals surface area contributed by atoms with Gasteiger partial charge in [-0.15, -0.1) is 0 Å². The van der Waals surface area contributed by atoms with Gasteiger partial charge in [0.05, 0.1) is 6.61 Å². The second-order valence-corrected chi connectivity index (χ2v) is 9.45. The van der Waals surface area contributed by atoms with Crippen LogP contribution in [0.2, 0.25) is 0 Å². The lowest BCUT2D eigenvalue weighted by atomic mass is 10.0. The third-order valence-electron chi connectivity index (χ3n) is 6.53. The van der Waals surface area contributed by atoms with Crippen molar-refractivity contribution >= 4 is 0 Å². The molecule has 0 saturated heterocycles. The van der Waals surface area contributed by atoms with Crippen LogP contribution < -0.4 is 4.74 Å². The van der Waals surface area contributed by atoms with Crippen LogP contribution in [0.5, 0.6) is 5.75 Å². The molecule has 0 bridgehead atoms. The van der Waals surface area contributed by atoms with Gasteiger partial charge in [-0.1, -0.05) is 101 Å². The average Bonchev–Trinajstić information content (AvgIpc) is 2.89. The molecule has 0 aliphatic heterocycles. The summed E-state index contributed by atoms with van der Waals surface area (Å²) in [7, 11) is 0. The van der Waals surface area contributed by atoms with E-state index in [9.17, 15) is 0 Å². The zero-order valence-electron chi connectivity index (χ0n) is 21.4. The average molecular weight is 458 g/mol. The Labute approximate surface area is 207 Å². The predicted molar refractivity (Wildman–Crippen MR) is 146 cm³/mol. The minimum Gasteiger partial charge on any atom is -0.494 e. The summed E-state index contributed by atoms with van der Waals surface area (Å²) in [5.74, 6) is 0.969. The van der Waals surface area contributed by atoms with Crippen LogP contribution in [0.15, 0.2) is 66.9 Å². The lowest BCUT2D eigenvalue weighted by molar-refractivity contribution is 0.304. The molecule has 0 N–H and O–H groups in total. The van der Waals surface area contributed by atoms with E-state index in [2.05, 4.69) is 85.7 Å². The lowest BCUT2D eigenvalue weighted by Crippen LogP contribution is -1.97. The first-order valence-corrected chi connectivity index (χ1v) is 13.5. The van der Waals surface area contributed by atoms with Gasteiger partial charge < -0.3 is 4.74 Å². The maximum atomic E-state index is 5.90. The summed E-state index contributed by atoms with van der Waals surface area (Å²) in [5.41, 5.74) is 6.41. The van der Waals surface area contributed by atoms with E-state index in [0.29, 0.717) is 0 Å².